The van der Waals surface area contributed by atoms with Crippen LogP contribution >= 0.6 is 11.3 Å². The van der Waals surface area contributed by atoms with Gasteiger partial charge in [0.25, 0.3) is 0 Å². The molecule has 1 aromatic carbocycles. The van der Waals surface area contributed by atoms with Crippen molar-refractivity contribution in [3.8, 4) is 22.1 Å². The molecule has 4 heterocycles. The third-order valence-corrected chi connectivity index (χ3v) is 6.62. The lowest BCUT2D eigenvalue weighted by Crippen LogP contribution is -2.46. The number of benzene rings is 1. The van der Waals surface area contributed by atoms with Crippen molar-refractivity contribution in [3.63, 3.8) is 0 Å². The van der Waals surface area contributed by atoms with Gasteiger partial charge in [0.05, 0.1) is 50.1 Å². The summed E-state index contributed by atoms with van der Waals surface area (Å²) in [5.74, 6) is 1.68. The normalized spacial score (nSPS) is 23.2. The molecule has 0 spiro atoms. The lowest BCUT2D eigenvalue weighted by Gasteiger charge is -2.19. The molecular formula is C23H25N5O5S. The number of aromatic nitrogens is 2. The summed E-state index contributed by atoms with van der Waals surface area (Å²) in [5.41, 5.74) is 1.42. The minimum Gasteiger partial charge on any atom is -0.497 e. The molecule has 3 aromatic rings. The van der Waals surface area contributed by atoms with Crippen LogP contribution in [0.25, 0.3) is 10.6 Å². The summed E-state index contributed by atoms with van der Waals surface area (Å²) >= 11 is 1.63. The number of rotatable bonds is 7. The number of fused-ring (bicyclic) bond motifs is 1. The summed E-state index contributed by atoms with van der Waals surface area (Å²) in [4.78, 5) is 22.7. The molecule has 0 bridgehead atoms. The van der Waals surface area contributed by atoms with Crippen LogP contribution in [0.5, 0.6) is 11.5 Å². The number of anilines is 2. The quantitative estimate of drug-likeness (QED) is 0.470. The summed E-state index contributed by atoms with van der Waals surface area (Å²) < 4.78 is 22.5. The Bertz CT molecular complexity index is 1120. The number of amides is 2. The summed E-state index contributed by atoms with van der Waals surface area (Å²) in [5, 5.41) is 11.1. The lowest BCUT2D eigenvalue weighted by molar-refractivity contribution is 0.0683. The lowest BCUT2D eigenvalue weighted by atomic mass is 10.1. The summed E-state index contributed by atoms with van der Waals surface area (Å²) in [7, 11) is 3.11. The van der Waals surface area contributed by atoms with Crippen molar-refractivity contribution in [3.05, 3.63) is 48.0 Å². The van der Waals surface area contributed by atoms with E-state index in [-0.39, 0.29) is 30.3 Å². The maximum atomic E-state index is 12.6. The van der Waals surface area contributed by atoms with Crippen molar-refractivity contribution in [1.29, 1.82) is 0 Å². The second-order valence-electron chi connectivity index (χ2n) is 7.90. The number of hydrogen-bond acceptors (Lipinski definition) is 9. The van der Waals surface area contributed by atoms with Crippen LogP contribution in [-0.2, 0) is 9.47 Å². The van der Waals surface area contributed by atoms with Gasteiger partial charge in [-0.25, -0.2) is 14.8 Å². The minimum atomic E-state index is -0.364. The Labute approximate surface area is 200 Å². The molecule has 2 aliphatic rings. The second kappa shape index (κ2) is 9.84. The Kier molecular flexibility index (Phi) is 6.48. The third kappa shape index (κ3) is 4.76. The topological polar surface area (TPSA) is 116 Å². The van der Waals surface area contributed by atoms with Gasteiger partial charge in [-0.2, -0.15) is 0 Å². The fourth-order valence-electron chi connectivity index (χ4n) is 4.12. The van der Waals surface area contributed by atoms with E-state index in [4.69, 9.17) is 18.9 Å². The number of carbonyl (C=O) groups is 1. The van der Waals surface area contributed by atoms with E-state index in [9.17, 15) is 4.79 Å². The van der Waals surface area contributed by atoms with Crippen LogP contribution in [0.15, 0.2) is 48.0 Å². The molecule has 3 N–H and O–H groups in total. The predicted molar refractivity (Wildman–Crippen MR) is 128 cm³/mol. The van der Waals surface area contributed by atoms with Crippen molar-refractivity contribution in [2.24, 2.45) is 0 Å². The van der Waals surface area contributed by atoms with Crippen molar-refractivity contribution in [2.75, 3.05) is 38.1 Å². The Balaban J connectivity index is 1.19. The molecule has 5 rings (SSSR count). The molecule has 178 valence electrons. The molecule has 0 saturated carbocycles. The highest BCUT2D eigenvalue weighted by Gasteiger charge is 2.48. The number of nitrogens with zero attached hydrogens (tertiary/aromatic N) is 2. The van der Waals surface area contributed by atoms with E-state index in [1.165, 1.54) is 0 Å². The Hall–Kier alpha value is -3.41. The summed E-state index contributed by atoms with van der Waals surface area (Å²) in [6.45, 7) is 0.771. The number of nitrogens with one attached hydrogen (secondary N) is 3. The fourth-order valence-corrected chi connectivity index (χ4v) is 4.81. The second-order valence-corrected chi connectivity index (χ2v) is 8.84. The van der Waals surface area contributed by atoms with Gasteiger partial charge in [-0.3, -0.25) is 0 Å². The molecule has 2 aliphatic heterocycles. The first-order chi connectivity index (χ1) is 16.6. The van der Waals surface area contributed by atoms with Gasteiger partial charge in [0.15, 0.2) is 0 Å². The molecule has 2 amide bonds. The molecule has 11 heteroatoms. The minimum absolute atomic E-state index is 0.124. The SMILES string of the molecule is COc1cc(NC(=O)N[C@H]2CO[C@H]3[C@@H]2OC[C@@H]3Nc2nccc(-c3cccs3)n2)cc(OC)c1. The van der Waals surface area contributed by atoms with Crippen molar-refractivity contribution >= 4 is 29.0 Å². The van der Waals surface area contributed by atoms with Gasteiger partial charge in [0.1, 0.15) is 23.7 Å². The van der Waals surface area contributed by atoms with Gasteiger partial charge in [-0.15, -0.1) is 11.3 Å². The van der Waals surface area contributed by atoms with Crippen molar-refractivity contribution < 1.29 is 23.7 Å². The number of methoxy groups -OCH3 is 2. The third-order valence-electron chi connectivity index (χ3n) is 5.72. The van der Waals surface area contributed by atoms with Crippen LogP contribution in [0.1, 0.15) is 0 Å². The number of hydrogen-bond donors (Lipinski definition) is 3. The zero-order valence-corrected chi connectivity index (χ0v) is 19.5. The monoisotopic (exact) mass is 483 g/mol. The molecule has 4 atom stereocenters. The van der Waals surface area contributed by atoms with Crippen molar-refractivity contribution in [1.82, 2.24) is 15.3 Å². The van der Waals surface area contributed by atoms with E-state index in [1.807, 2.05) is 23.6 Å². The Morgan fingerprint density at radius 2 is 1.79 bits per heavy atom. The number of carbonyl (C=O) groups excluding carboxylic acids is 1. The van der Waals surface area contributed by atoms with E-state index in [0.29, 0.717) is 36.3 Å². The Morgan fingerprint density at radius 1 is 1.06 bits per heavy atom. The first-order valence-corrected chi connectivity index (χ1v) is 11.7. The van der Waals surface area contributed by atoms with Crippen LogP contribution in [0.2, 0.25) is 0 Å². The molecule has 2 aromatic heterocycles. The molecule has 2 saturated heterocycles. The predicted octanol–water partition coefficient (Wildman–Crippen LogP) is 2.99. The van der Waals surface area contributed by atoms with Crippen molar-refractivity contribution in [2.45, 2.75) is 24.3 Å². The highest BCUT2D eigenvalue weighted by molar-refractivity contribution is 7.13. The highest BCUT2D eigenvalue weighted by atomic mass is 32.1. The van der Waals surface area contributed by atoms with Crippen LogP contribution in [0.4, 0.5) is 16.4 Å². The summed E-state index contributed by atoms with van der Waals surface area (Å²) in [6.07, 6.45) is 1.23. The van der Waals surface area contributed by atoms with E-state index in [0.717, 1.165) is 10.6 Å². The first-order valence-electron chi connectivity index (χ1n) is 10.8. The van der Waals surface area contributed by atoms with E-state index in [1.54, 1.807) is 50.0 Å². The van der Waals surface area contributed by atoms with E-state index >= 15 is 0 Å². The van der Waals surface area contributed by atoms with Gasteiger partial charge in [-0.1, -0.05) is 6.07 Å². The standard InChI is InChI=1S/C23H25N5O5S/c1-30-14-8-13(9-15(10-14)31-2)25-23(29)28-18-12-33-20-17(11-32-21(18)20)27-22-24-6-5-16(26-22)19-4-3-7-34-19/h3-10,17-18,20-21H,11-12H2,1-2H3,(H,24,26,27)(H2,25,28,29)/t17-,18-,20+,21+/m0/s1. The maximum Gasteiger partial charge on any atom is 0.319 e. The molecule has 10 nitrogen and oxygen atoms in total. The molecular weight excluding hydrogens is 458 g/mol. The summed E-state index contributed by atoms with van der Waals surface area (Å²) in [6, 6.07) is 10.3. The average Bonchev–Trinajstić information content (AvgIpc) is 3.60. The maximum absolute atomic E-state index is 12.6. The zero-order chi connectivity index (χ0) is 23.5. The van der Waals surface area contributed by atoms with Gasteiger partial charge < -0.3 is 34.9 Å². The van der Waals surface area contributed by atoms with E-state index < -0.39 is 0 Å². The van der Waals surface area contributed by atoms with Gasteiger partial charge >= 0.3 is 6.03 Å². The van der Waals surface area contributed by atoms with Gasteiger partial charge in [0.2, 0.25) is 5.95 Å². The first kappa shape index (κ1) is 22.4. The average molecular weight is 484 g/mol. The number of ether oxygens (including phenoxy) is 4. The highest BCUT2D eigenvalue weighted by Crippen LogP contribution is 2.30. The van der Waals surface area contributed by atoms with Crippen LogP contribution in [-0.4, -0.2) is 67.7 Å². The van der Waals surface area contributed by atoms with Crippen LogP contribution in [0.3, 0.4) is 0 Å². The number of thiophene rings is 1. The van der Waals surface area contributed by atoms with Crippen LogP contribution in [0, 0.1) is 0 Å². The molecule has 2 fully saturated rings. The fraction of sp³-hybridized carbons (Fsp3) is 0.348. The molecule has 34 heavy (non-hydrogen) atoms. The zero-order valence-electron chi connectivity index (χ0n) is 18.7. The molecule has 0 radical (unpaired) electrons. The van der Waals surface area contributed by atoms with E-state index in [2.05, 4.69) is 25.9 Å². The number of urea groups is 1. The molecule has 0 aliphatic carbocycles. The van der Waals surface area contributed by atoms with Gasteiger partial charge in [-0.05, 0) is 17.5 Å². The molecule has 0 unspecified atom stereocenters. The van der Waals surface area contributed by atoms with Gasteiger partial charge in [0, 0.05) is 30.1 Å². The Morgan fingerprint density at radius 3 is 2.50 bits per heavy atom. The largest absolute Gasteiger partial charge is 0.497 e. The smallest absolute Gasteiger partial charge is 0.319 e. The van der Waals surface area contributed by atoms with Crippen LogP contribution < -0.4 is 25.4 Å².